The Labute approximate surface area is 104 Å². The Morgan fingerprint density at radius 3 is 3.00 bits per heavy atom. The lowest BCUT2D eigenvalue weighted by molar-refractivity contribution is 0.307. The molecule has 3 heteroatoms. The molecule has 0 atom stereocenters. The van der Waals surface area contributed by atoms with Crippen LogP contribution in [0.15, 0.2) is 18.2 Å². The van der Waals surface area contributed by atoms with Gasteiger partial charge in [-0.15, -0.1) is 0 Å². The van der Waals surface area contributed by atoms with Crippen LogP contribution in [0, 0.1) is 0 Å². The molecule has 94 valence electrons. The molecule has 17 heavy (non-hydrogen) atoms. The number of nitrogen functional groups attached to an aromatic ring is 1. The molecule has 2 N–H and O–H groups in total. The van der Waals surface area contributed by atoms with Gasteiger partial charge in [-0.25, -0.2) is 0 Å². The Morgan fingerprint density at radius 2 is 2.18 bits per heavy atom. The molecule has 0 fully saturated rings. The predicted molar refractivity (Wildman–Crippen MR) is 72.7 cm³/mol. The number of hydrogen-bond donors (Lipinski definition) is 1. The fourth-order valence-electron chi connectivity index (χ4n) is 2.32. The van der Waals surface area contributed by atoms with E-state index in [1.165, 1.54) is 25.7 Å². The van der Waals surface area contributed by atoms with Crippen LogP contribution < -0.4 is 15.4 Å². The van der Waals surface area contributed by atoms with E-state index in [1.807, 2.05) is 18.2 Å². The van der Waals surface area contributed by atoms with E-state index < -0.39 is 0 Å². The summed E-state index contributed by atoms with van der Waals surface area (Å²) in [5.41, 5.74) is 7.96. The van der Waals surface area contributed by atoms with E-state index >= 15 is 0 Å². The normalized spacial score (nSPS) is 14.3. The number of fused-ring (bicyclic) bond motifs is 1. The third-order valence-electron chi connectivity index (χ3n) is 3.25. The monoisotopic (exact) mass is 234 g/mol. The van der Waals surface area contributed by atoms with Gasteiger partial charge in [-0.05, 0) is 18.6 Å². The summed E-state index contributed by atoms with van der Waals surface area (Å²) >= 11 is 0. The molecular weight excluding hydrogens is 212 g/mol. The summed E-state index contributed by atoms with van der Waals surface area (Å²) in [6, 6.07) is 5.91. The summed E-state index contributed by atoms with van der Waals surface area (Å²) in [5, 5.41) is 0. The van der Waals surface area contributed by atoms with Gasteiger partial charge >= 0.3 is 0 Å². The Bertz CT molecular complexity index is 365. The molecule has 0 amide bonds. The third kappa shape index (κ3) is 2.84. The Morgan fingerprint density at radius 1 is 1.29 bits per heavy atom. The van der Waals surface area contributed by atoms with E-state index in [9.17, 15) is 0 Å². The largest absolute Gasteiger partial charge is 0.489 e. The molecule has 1 aliphatic rings. The fourth-order valence-corrected chi connectivity index (χ4v) is 2.32. The second-order valence-electron chi connectivity index (χ2n) is 4.59. The van der Waals surface area contributed by atoms with Gasteiger partial charge in [0.05, 0.1) is 12.2 Å². The van der Waals surface area contributed by atoms with Crippen molar-refractivity contribution in [2.45, 2.75) is 32.6 Å². The first-order valence-corrected chi connectivity index (χ1v) is 6.59. The van der Waals surface area contributed by atoms with Gasteiger partial charge < -0.3 is 15.4 Å². The molecular formula is C14H22N2O. The first-order chi connectivity index (χ1) is 8.33. The Kier molecular flexibility index (Phi) is 4.13. The summed E-state index contributed by atoms with van der Waals surface area (Å²) in [6.07, 6.45) is 5.14. The van der Waals surface area contributed by atoms with E-state index in [0.29, 0.717) is 0 Å². The number of para-hydroxylation sites is 1. The Hall–Kier alpha value is -1.38. The number of anilines is 2. The van der Waals surface area contributed by atoms with Crippen LogP contribution in [-0.4, -0.2) is 19.7 Å². The van der Waals surface area contributed by atoms with Gasteiger partial charge in [-0.3, -0.25) is 0 Å². The van der Waals surface area contributed by atoms with Crippen molar-refractivity contribution in [2.24, 2.45) is 0 Å². The van der Waals surface area contributed by atoms with E-state index in [-0.39, 0.29) is 0 Å². The van der Waals surface area contributed by atoms with Gasteiger partial charge in [0, 0.05) is 6.54 Å². The van der Waals surface area contributed by atoms with Crippen LogP contribution in [0.1, 0.15) is 32.6 Å². The molecule has 1 aromatic carbocycles. The zero-order valence-electron chi connectivity index (χ0n) is 10.6. The van der Waals surface area contributed by atoms with Crippen molar-refractivity contribution in [2.75, 3.05) is 30.3 Å². The Balaban J connectivity index is 2.01. The van der Waals surface area contributed by atoms with E-state index in [0.717, 1.165) is 36.8 Å². The molecule has 0 unspecified atom stereocenters. The summed E-state index contributed by atoms with van der Waals surface area (Å²) in [5.74, 6) is 0.937. The molecule has 0 spiro atoms. The van der Waals surface area contributed by atoms with Gasteiger partial charge in [-0.2, -0.15) is 0 Å². The summed E-state index contributed by atoms with van der Waals surface area (Å²) in [7, 11) is 0. The first-order valence-electron chi connectivity index (χ1n) is 6.59. The lowest BCUT2D eigenvalue weighted by atomic mass is 10.1. The number of nitrogens with two attached hydrogens (primary N) is 1. The van der Waals surface area contributed by atoms with Crippen LogP contribution in [-0.2, 0) is 0 Å². The van der Waals surface area contributed by atoms with Crippen molar-refractivity contribution < 1.29 is 4.74 Å². The molecule has 0 saturated heterocycles. The summed E-state index contributed by atoms with van der Waals surface area (Å²) < 4.78 is 5.64. The van der Waals surface area contributed by atoms with Crippen molar-refractivity contribution in [3.8, 4) is 5.75 Å². The molecule has 1 heterocycles. The van der Waals surface area contributed by atoms with Gasteiger partial charge in [0.1, 0.15) is 18.0 Å². The van der Waals surface area contributed by atoms with Crippen LogP contribution in [0.25, 0.3) is 0 Å². The van der Waals surface area contributed by atoms with Crippen LogP contribution in [0.5, 0.6) is 5.75 Å². The lowest BCUT2D eigenvalue weighted by Crippen LogP contribution is -2.34. The molecule has 0 aliphatic carbocycles. The zero-order valence-corrected chi connectivity index (χ0v) is 10.6. The van der Waals surface area contributed by atoms with Crippen molar-refractivity contribution in [1.29, 1.82) is 0 Å². The highest BCUT2D eigenvalue weighted by Gasteiger charge is 2.19. The summed E-state index contributed by atoms with van der Waals surface area (Å²) in [4.78, 5) is 2.36. The molecule has 2 rings (SSSR count). The highest BCUT2D eigenvalue weighted by molar-refractivity contribution is 5.75. The van der Waals surface area contributed by atoms with Gasteiger partial charge in [0.2, 0.25) is 0 Å². The minimum atomic E-state index is 0.768. The minimum Gasteiger partial charge on any atom is -0.489 e. The van der Waals surface area contributed by atoms with Gasteiger partial charge in [0.15, 0.2) is 0 Å². The zero-order chi connectivity index (χ0) is 12.1. The molecule has 1 aromatic rings. The highest BCUT2D eigenvalue weighted by atomic mass is 16.5. The third-order valence-corrected chi connectivity index (χ3v) is 3.25. The smallest absolute Gasteiger partial charge is 0.144 e. The van der Waals surface area contributed by atoms with Crippen LogP contribution in [0.3, 0.4) is 0 Å². The van der Waals surface area contributed by atoms with E-state index in [4.69, 9.17) is 10.5 Å². The fraction of sp³-hybridized carbons (Fsp3) is 0.571. The van der Waals surface area contributed by atoms with Crippen molar-refractivity contribution in [1.82, 2.24) is 0 Å². The number of benzene rings is 1. The number of hydrogen-bond acceptors (Lipinski definition) is 3. The molecule has 0 aromatic heterocycles. The summed E-state index contributed by atoms with van der Waals surface area (Å²) in [6.45, 7) is 5.05. The van der Waals surface area contributed by atoms with Crippen LogP contribution in [0.4, 0.5) is 11.4 Å². The lowest BCUT2D eigenvalue weighted by Gasteiger charge is -2.32. The molecule has 0 bridgehead atoms. The molecule has 1 aliphatic heterocycles. The second kappa shape index (κ2) is 5.80. The van der Waals surface area contributed by atoms with E-state index in [1.54, 1.807) is 0 Å². The van der Waals surface area contributed by atoms with E-state index in [2.05, 4.69) is 11.8 Å². The second-order valence-corrected chi connectivity index (χ2v) is 4.59. The molecule has 3 nitrogen and oxygen atoms in total. The quantitative estimate of drug-likeness (QED) is 0.628. The SMILES string of the molecule is CCCCCCN1CCOc2cccc(N)c21. The maximum absolute atomic E-state index is 6.04. The standard InChI is InChI=1S/C14H22N2O/c1-2-3-4-5-9-16-10-11-17-13-8-6-7-12(15)14(13)16/h6-8H,2-5,9-11,15H2,1H3. The molecule has 0 saturated carbocycles. The van der Waals surface area contributed by atoms with Gasteiger partial charge in [-0.1, -0.05) is 32.3 Å². The average Bonchev–Trinajstić information content (AvgIpc) is 2.35. The first kappa shape index (κ1) is 12.1. The van der Waals surface area contributed by atoms with Crippen molar-refractivity contribution in [3.05, 3.63) is 18.2 Å². The number of unbranched alkanes of at least 4 members (excludes halogenated alkanes) is 3. The average molecular weight is 234 g/mol. The topological polar surface area (TPSA) is 38.5 Å². The number of nitrogens with zero attached hydrogens (tertiary/aromatic N) is 1. The van der Waals surface area contributed by atoms with Crippen LogP contribution in [0.2, 0.25) is 0 Å². The van der Waals surface area contributed by atoms with Crippen molar-refractivity contribution >= 4 is 11.4 Å². The molecule has 0 radical (unpaired) electrons. The van der Waals surface area contributed by atoms with Gasteiger partial charge in [0.25, 0.3) is 0 Å². The number of ether oxygens (including phenoxy) is 1. The highest BCUT2D eigenvalue weighted by Crippen LogP contribution is 2.36. The maximum atomic E-state index is 6.04. The minimum absolute atomic E-state index is 0.768. The van der Waals surface area contributed by atoms with Crippen LogP contribution >= 0.6 is 0 Å². The maximum Gasteiger partial charge on any atom is 0.144 e. The predicted octanol–water partition coefficient (Wildman–Crippen LogP) is 3.05. The number of rotatable bonds is 5. The van der Waals surface area contributed by atoms with Crippen molar-refractivity contribution in [3.63, 3.8) is 0 Å².